The molecule has 0 saturated carbocycles. The summed E-state index contributed by atoms with van der Waals surface area (Å²) in [5, 5.41) is 0.183. The molecule has 2 rings (SSSR count). The van der Waals surface area contributed by atoms with Crippen LogP contribution >= 0.6 is 11.6 Å². The molecule has 1 aromatic carbocycles. The van der Waals surface area contributed by atoms with Crippen molar-refractivity contribution in [2.75, 3.05) is 7.11 Å². The van der Waals surface area contributed by atoms with Gasteiger partial charge in [0.25, 0.3) is 6.43 Å². The predicted octanol–water partition coefficient (Wildman–Crippen LogP) is 3.59. The highest BCUT2D eigenvalue weighted by Gasteiger charge is 2.53. The minimum absolute atomic E-state index is 0.183. The highest BCUT2D eigenvalue weighted by atomic mass is 35.5. The van der Waals surface area contributed by atoms with Gasteiger partial charge in [-0.1, -0.05) is 11.6 Å². The molecule has 116 valence electrons. The van der Waals surface area contributed by atoms with Crippen molar-refractivity contribution >= 4 is 24.2 Å². The molecule has 3 nitrogen and oxygen atoms in total. The van der Waals surface area contributed by atoms with Gasteiger partial charge in [0.1, 0.15) is 5.75 Å². The van der Waals surface area contributed by atoms with Crippen molar-refractivity contribution in [1.82, 2.24) is 0 Å². The van der Waals surface area contributed by atoms with Gasteiger partial charge < -0.3 is 14.0 Å². The number of hydrogen-bond acceptors (Lipinski definition) is 3. The van der Waals surface area contributed by atoms with E-state index in [-0.39, 0.29) is 21.8 Å². The molecule has 1 saturated heterocycles. The number of methoxy groups -OCH3 is 1. The number of alkyl halides is 2. The molecule has 21 heavy (non-hydrogen) atoms. The van der Waals surface area contributed by atoms with Crippen LogP contribution in [0.15, 0.2) is 12.1 Å². The van der Waals surface area contributed by atoms with Crippen LogP contribution in [0.5, 0.6) is 5.75 Å². The summed E-state index contributed by atoms with van der Waals surface area (Å²) in [5.41, 5.74) is -1.29. The van der Waals surface area contributed by atoms with Gasteiger partial charge in [-0.25, -0.2) is 8.78 Å². The Bertz CT molecular complexity index is 533. The van der Waals surface area contributed by atoms with Gasteiger partial charge in [0.2, 0.25) is 0 Å². The van der Waals surface area contributed by atoms with E-state index in [1.165, 1.54) is 19.2 Å². The average Bonchev–Trinajstić information content (AvgIpc) is 2.56. The quantitative estimate of drug-likeness (QED) is 0.797. The van der Waals surface area contributed by atoms with E-state index in [1.807, 2.05) is 27.7 Å². The third-order valence-corrected chi connectivity index (χ3v) is 4.30. The average molecular weight is 319 g/mol. The Morgan fingerprint density at radius 1 is 1.14 bits per heavy atom. The first-order valence-corrected chi connectivity index (χ1v) is 6.98. The topological polar surface area (TPSA) is 27.7 Å². The Hall–Kier alpha value is -0.845. The summed E-state index contributed by atoms with van der Waals surface area (Å²) >= 11 is 5.87. The number of ether oxygens (including phenoxy) is 1. The third kappa shape index (κ3) is 2.89. The summed E-state index contributed by atoms with van der Waals surface area (Å²) in [6, 6.07) is 2.70. The molecule has 0 amide bonds. The standard InChI is InChI=1S/C14H18BClF2O3/c1-13(2)14(3,4)21-15(20-13)11-9(12(17)18)6-8(16)7-10(11)19-5/h6-7,12H,1-5H3. The molecule has 0 aromatic heterocycles. The lowest BCUT2D eigenvalue weighted by atomic mass is 9.75. The fourth-order valence-corrected chi connectivity index (χ4v) is 2.39. The van der Waals surface area contributed by atoms with Gasteiger partial charge >= 0.3 is 7.12 Å². The first-order valence-electron chi connectivity index (χ1n) is 6.60. The van der Waals surface area contributed by atoms with E-state index in [0.717, 1.165) is 0 Å². The van der Waals surface area contributed by atoms with E-state index in [9.17, 15) is 8.78 Å². The molecule has 1 aromatic rings. The maximum atomic E-state index is 13.3. The van der Waals surface area contributed by atoms with Gasteiger partial charge in [-0.15, -0.1) is 0 Å². The first-order chi connectivity index (χ1) is 9.59. The minimum Gasteiger partial charge on any atom is -0.497 e. The highest BCUT2D eigenvalue weighted by Crippen LogP contribution is 2.38. The van der Waals surface area contributed by atoms with Crippen LogP contribution < -0.4 is 10.2 Å². The highest BCUT2D eigenvalue weighted by molar-refractivity contribution is 6.64. The lowest BCUT2D eigenvalue weighted by Crippen LogP contribution is -2.41. The van der Waals surface area contributed by atoms with E-state index in [0.29, 0.717) is 0 Å². The van der Waals surface area contributed by atoms with Crippen LogP contribution in [-0.2, 0) is 9.31 Å². The zero-order chi connectivity index (χ0) is 16.0. The summed E-state index contributed by atoms with van der Waals surface area (Å²) in [6.45, 7) is 7.43. The van der Waals surface area contributed by atoms with E-state index < -0.39 is 24.7 Å². The molecule has 0 unspecified atom stereocenters. The van der Waals surface area contributed by atoms with Gasteiger partial charge in [0.05, 0.1) is 18.3 Å². The number of rotatable bonds is 3. The van der Waals surface area contributed by atoms with E-state index in [2.05, 4.69) is 0 Å². The number of halogens is 3. The minimum atomic E-state index is -2.70. The summed E-state index contributed by atoms with van der Waals surface area (Å²) in [7, 11) is 0.474. The van der Waals surface area contributed by atoms with Gasteiger partial charge in [0, 0.05) is 16.0 Å². The van der Waals surface area contributed by atoms with Crippen LogP contribution in [0.3, 0.4) is 0 Å². The van der Waals surface area contributed by atoms with Crippen molar-refractivity contribution in [3.05, 3.63) is 22.7 Å². The molecule has 0 radical (unpaired) electrons. The number of hydrogen-bond donors (Lipinski definition) is 0. The van der Waals surface area contributed by atoms with Gasteiger partial charge in [-0.2, -0.15) is 0 Å². The second-order valence-electron chi connectivity index (χ2n) is 6.00. The normalized spacial score (nSPS) is 20.1. The maximum Gasteiger partial charge on any atom is 0.499 e. The number of benzene rings is 1. The molecule has 0 atom stereocenters. The van der Waals surface area contributed by atoms with Gasteiger partial charge in [-0.3, -0.25) is 0 Å². The molecule has 1 aliphatic rings. The molecular weight excluding hydrogens is 300 g/mol. The first kappa shape index (κ1) is 16.5. The van der Waals surface area contributed by atoms with Crippen LogP contribution in [-0.4, -0.2) is 25.4 Å². The molecular formula is C14H18BClF2O3. The van der Waals surface area contributed by atoms with Crippen LogP contribution in [0.1, 0.15) is 39.7 Å². The predicted molar refractivity (Wildman–Crippen MR) is 78.7 cm³/mol. The second-order valence-corrected chi connectivity index (χ2v) is 6.44. The Balaban J connectivity index is 2.54. The molecule has 0 N–H and O–H groups in total. The van der Waals surface area contributed by atoms with Gasteiger partial charge in [0.15, 0.2) is 0 Å². The molecule has 1 fully saturated rings. The Morgan fingerprint density at radius 2 is 1.67 bits per heavy atom. The van der Waals surface area contributed by atoms with Crippen LogP contribution in [0.25, 0.3) is 0 Å². The van der Waals surface area contributed by atoms with Crippen LogP contribution in [0.2, 0.25) is 5.02 Å². The van der Waals surface area contributed by atoms with Crippen molar-refractivity contribution < 1.29 is 22.8 Å². The van der Waals surface area contributed by atoms with Crippen molar-refractivity contribution in [2.24, 2.45) is 0 Å². The molecule has 0 bridgehead atoms. The monoisotopic (exact) mass is 318 g/mol. The van der Waals surface area contributed by atoms with Crippen molar-refractivity contribution in [2.45, 2.75) is 45.3 Å². The Labute approximate surface area is 128 Å². The lowest BCUT2D eigenvalue weighted by Gasteiger charge is -2.32. The second kappa shape index (κ2) is 5.41. The van der Waals surface area contributed by atoms with Gasteiger partial charge in [-0.05, 0) is 39.8 Å². The van der Waals surface area contributed by atoms with Crippen molar-refractivity contribution in [3.8, 4) is 5.75 Å². The Kier molecular flexibility index (Phi) is 4.26. The SMILES string of the molecule is COc1cc(Cl)cc(C(F)F)c1B1OC(C)(C)C(C)(C)O1. The molecule has 0 spiro atoms. The Morgan fingerprint density at radius 3 is 2.10 bits per heavy atom. The third-order valence-electron chi connectivity index (χ3n) is 4.08. The summed E-state index contributed by atoms with van der Waals surface area (Å²) < 4.78 is 43.6. The fourth-order valence-electron chi connectivity index (χ4n) is 2.18. The lowest BCUT2D eigenvalue weighted by molar-refractivity contribution is 0.00578. The molecule has 1 aliphatic heterocycles. The van der Waals surface area contributed by atoms with E-state index in [1.54, 1.807) is 0 Å². The van der Waals surface area contributed by atoms with Crippen LogP contribution in [0, 0.1) is 0 Å². The van der Waals surface area contributed by atoms with E-state index in [4.69, 9.17) is 25.6 Å². The van der Waals surface area contributed by atoms with Crippen molar-refractivity contribution in [3.63, 3.8) is 0 Å². The summed E-state index contributed by atoms with van der Waals surface area (Å²) in [5.74, 6) is 0.233. The fraction of sp³-hybridized carbons (Fsp3) is 0.571. The zero-order valence-electron chi connectivity index (χ0n) is 12.7. The zero-order valence-corrected chi connectivity index (χ0v) is 13.4. The van der Waals surface area contributed by atoms with E-state index >= 15 is 0 Å². The summed E-state index contributed by atoms with van der Waals surface area (Å²) in [4.78, 5) is 0. The van der Waals surface area contributed by atoms with Crippen LogP contribution in [0.4, 0.5) is 8.78 Å². The summed E-state index contributed by atoms with van der Waals surface area (Å²) in [6.07, 6.45) is -2.70. The molecule has 0 aliphatic carbocycles. The smallest absolute Gasteiger partial charge is 0.497 e. The van der Waals surface area contributed by atoms with Crippen molar-refractivity contribution in [1.29, 1.82) is 0 Å². The maximum absolute atomic E-state index is 13.3. The largest absolute Gasteiger partial charge is 0.499 e. The molecule has 1 heterocycles. The molecule has 7 heteroatoms.